The molecule has 0 saturated carbocycles. The van der Waals surface area contributed by atoms with Gasteiger partial charge >= 0.3 is 0 Å². The summed E-state index contributed by atoms with van der Waals surface area (Å²) in [7, 11) is -0.571. The van der Waals surface area contributed by atoms with Crippen molar-refractivity contribution in [3.8, 4) is 11.5 Å². The Morgan fingerprint density at radius 2 is 1.79 bits per heavy atom. The molecule has 1 aromatic heterocycles. The standard InChI is InChI=1S/C21H24N2O4S/c1-12-7-20(27-4)21(8-13(12)2)28(24,25)23-14-9-16-17-11-15(26-3)5-6-18(17)22-19(16)10-14/h5-8,11,14,22-23H,9-10H2,1-4H3. The number of sulfonamides is 1. The number of aromatic amines is 1. The summed E-state index contributed by atoms with van der Waals surface area (Å²) in [5.74, 6) is 1.15. The van der Waals surface area contributed by atoms with Gasteiger partial charge in [0, 0.05) is 29.1 Å². The van der Waals surface area contributed by atoms with E-state index in [1.54, 1.807) is 19.2 Å². The number of H-pyrrole nitrogens is 1. The topological polar surface area (TPSA) is 80.4 Å². The van der Waals surface area contributed by atoms with Crippen LogP contribution in [0.5, 0.6) is 11.5 Å². The molecule has 1 unspecified atom stereocenters. The fourth-order valence-electron chi connectivity index (χ4n) is 3.88. The predicted octanol–water partition coefficient (Wildman–Crippen LogP) is 3.25. The zero-order valence-corrected chi connectivity index (χ0v) is 17.2. The van der Waals surface area contributed by atoms with E-state index in [4.69, 9.17) is 9.47 Å². The zero-order valence-electron chi connectivity index (χ0n) is 16.4. The first kappa shape index (κ1) is 18.8. The lowest BCUT2D eigenvalue weighted by Gasteiger charge is -2.16. The van der Waals surface area contributed by atoms with Gasteiger partial charge in [-0.1, -0.05) is 0 Å². The first-order valence-electron chi connectivity index (χ1n) is 9.17. The maximum atomic E-state index is 13.0. The van der Waals surface area contributed by atoms with Crippen LogP contribution in [0.25, 0.3) is 10.9 Å². The van der Waals surface area contributed by atoms with Crippen molar-refractivity contribution in [3.63, 3.8) is 0 Å². The Morgan fingerprint density at radius 3 is 2.50 bits per heavy atom. The molecule has 148 valence electrons. The second-order valence-corrected chi connectivity index (χ2v) is 8.99. The SMILES string of the molecule is COc1ccc2[nH]c3c(c2c1)CC(NS(=O)(=O)c1cc(C)c(C)cc1OC)C3. The molecule has 6 nitrogen and oxygen atoms in total. The average Bonchev–Trinajstić information content (AvgIpc) is 3.19. The molecule has 2 N–H and O–H groups in total. The van der Waals surface area contributed by atoms with E-state index in [0.717, 1.165) is 39.0 Å². The number of aryl methyl sites for hydroxylation is 2. The van der Waals surface area contributed by atoms with Gasteiger partial charge in [-0.15, -0.1) is 0 Å². The molecule has 0 saturated heterocycles. The highest BCUT2D eigenvalue weighted by molar-refractivity contribution is 7.89. The highest BCUT2D eigenvalue weighted by Crippen LogP contribution is 2.34. The number of hydrogen-bond donors (Lipinski definition) is 2. The smallest absolute Gasteiger partial charge is 0.244 e. The second kappa shape index (κ2) is 6.83. The largest absolute Gasteiger partial charge is 0.497 e. The van der Waals surface area contributed by atoms with E-state index < -0.39 is 10.0 Å². The molecule has 0 bridgehead atoms. The average molecular weight is 401 g/mol. The molecule has 28 heavy (non-hydrogen) atoms. The molecule has 2 aromatic carbocycles. The third-order valence-electron chi connectivity index (χ3n) is 5.49. The number of aromatic nitrogens is 1. The normalized spacial score (nSPS) is 16.4. The number of nitrogens with one attached hydrogen (secondary N) is 2. The summed E-state index contributed by atoms with van der Waals surface area (Å²) >= 11 is 0. The van der Waals surface area contributed by atoms with E-state index in [1.165, 1.54) is 7.11 Å². The molecule has 0 amide bonds. The van der Waals surface area contributed by atoms with Crippen molar-refractivity contribution in [1.82, 2.24) is 9.71 Å². The lowest BCUT2D eigenvalue weighted by atomic mass is 10.1. The molecule has 3 aromatic rings. The van der Waals surface area contributed by atoms with Gasteiger partial charge in [0.2, 0.25) is 10.0 Å². The van der Waals surface area contributed by atoms with E-state index in [0.29, 0.717) is 18.6 Å². The molecule has 1 aliphatic carbocycles. The Balaban J connectivity index is 1.62. The maximum Gasteiger partial charge on any atom is 0.244 e. The molecule has 1 atom stereocenters. The fraction of sp³-hybridized carbons (Fsp3) is 0.333. The van der Waals surface area contributed by atoms with E-state index >= 15 is 0 Å². The van der Waals surface area contributed by atoms with Crippen LogP contribution in [-0.4, -0.2) is 33.7 Å². The van der Waals surface area contributed by atoms with Gasteiger partial charge in [0.15, 0.2) is 0 Å². The third-order valence-corrected chi connectivity index (χ3v) is 7.04. The van der Waals surface area contributed by atoms with Crippen LogP contribution in [0.4, 0.5) is 0 Å². The molecule has 4 rings (SSSR count). The Morgan fingerprint density at radius 1 is 1.04 bits per heavy atom. The third kappa shape index (κ3) is 3.14. The van der Waals surface area contributed by atoms with Gasteiger partial charge in [-0.05, 0) is 67.3 Å². The maximum absolute atomic E-state index is 13.0. The molecular formula is C21H24N2O4S. The Kier molecular flexibility index (Phi) is 4.59. The summed E-state index contributed by atoms with van der Waals surface area (Å²) in [5, 5.41) is 1.08. The van der Waals surface area contributed by atoms with E-state index in [2.05, 4.69) is 9.71 Å². The molecule has 1 heterocycles. The lowest BCUT2D eigenvalue weighted by molar-refractivity contribution is 0.401. The van der Waals surface area contributed by atoms with Gasteiger partial charge in [-0.2, -0.15) is 0 Å². The number of ether oxygens (including phenoxy) is 2. The van der Waals surface area contributed by atoms with Crippen LogP contribution < -0.4 is 14.2 Å². The van der Waals surface area contributed by atoms with Crippen molar-refractivity contribution in [1.29, 1.82) is 0 Å². The lowest BCUT2D eigenvalue weighted by Crippen LogP contribution is -2.35. The highest BCUT2D eigenvalue weighted by atomic mass is 32.2. The Hall–Kier alpha value is -2.51. The van der Waals surface area contributed by atoms with Crippen LogP contribution in [0.15, 0.2) is 35.2 Å². The monoisotopic (exact) mass is 400 g/mol. The van der Waals surface area contributed by atoms with Crippen molar-refractivity contribution in [3.05, 3.63) is 52.7 Å². The van der Waals surface area contributed by atoms with Crippen LogP contribution in [0, 0.1) is 13.8 Å². The molecule has 1 aliphatic rings. The minimum Gasteiger partial charge on any atom is -0.497 e. The van der Waals surface area contributed by atoms with Gasteiger partial charge in [0.1, 0.15) is 16.4 Å². The minimum absolute atomic E-state index is 0.181. The van der Waals surface area contributed by atoms with Gasteiger partial charge in [-0.3, -0.25) is 0 Å². The number of fused-ring (bicyclic) bond motifs is 3. The minimum atomic E-state index is -3.70. The molecule has 0 fully saturated rings. The van der Waals surface area contributed by atoms with Crippen molar-refractivity contribution < 1.29 is 17.9 Å². The highest BCUT2D eigenvalue weighted by Gasteiger charge is 2.31. The quantitative estimate of drug-likeness (QED) is 0.689. The van der Waals surface area contributed by atoms with Crippen LogP contribution in [-0.2, 0) is 22.9 Å². The van der Waals surface area contributed by atoms with Gasteiger partial charge in [-0.25, -0.2) is 13.1 Å². The van der Waals surface area contributed by atoms with E-state index in [9.17, 15) is 8.42 Å². The second-order valence-electron chi connectivity index (χ2n) is 7.31. The number of methoxy groups -OCH3 is 2. The summed E-state index contributed by atoms with van der Waals surface area (Å²) in [5.41, 5.74) is 5.17. The van der Waals surface area contributed by atoms with Crippen molar-refractivity contribution in [2.45, 2.75) is 37.6 Å². The molecule has 0 aliphatic heterocycles. The van der Waals surface area contributed by atoms with Crippen molar-refractivity contribution in [2.75, 3.05) is 14.2 Å². The molecule has 7 heteroatoms. The summed E-state index contributed by atoms with van der Waals surface area (Å²) in [6.45, 7) is 3.83. The predicted molar refractivity (Wildman–Crippen MR) is 109 cm³/mol. The number of benzene rings is 2. The number of rotatable bonds is 5. The van der Waals surface area contributed by atoms with Crippen molar-refractivity contribution >= 4 is 20.9 Å². The van der Waals surface area contributed by atoms with Crippen LogP contribution in [0.1, 0.15) is 22.4 Å². The molecular weight excluding hydrogens is 376 g/mol. The Labute approximate surface area is 164 Å². The van der Waals surface area contributed by atoms with Crippen LogP contribution in [0.3, 0.4) is 0 Å². The Bertz CT molecular complexity index is 1160. The molecule has 0 spiro atoms. The first-order chi connectivity index (χ1) is 13.3. The summed E-state index contributed by atoms with van der Waals surface area (Å²) in [4.78, 5) is 3.59. The zero-order chi connectivity index (χ0) is 20.1. The summed E-state index contributed by atoms with van der Waals surface area (Å²) in [6.07, 6.45) is 1.26. The van der Waals surface area contributed by atoms with Crippen LogP contribution in [0.2, 0.25) is 0 Å². The van der Waals surface area contributed by atoms with Gasteiger partial charge in [0.25, 0.3) is 0 Å². The summed E-state index contributed by atoms with van der Waals surface area (Å²) < 4.78 is 39.6. The fourth-order valence-corrected chi connectivity index (χ4v) is 5.35. The van der Waals surface area contributed by atoms with E-state index in [1.807, 2.05) is 32.0 Å². The van der Waals surface area contributed by atoms with Gasteiger partial charge < -0.3 is 14.5 Å². The van der Waals surface area contributed by atoms with Crippen LogP contribution >= 0.6 is 0 Å². The summed E-state index contributed by atoms with van der Waals surface area (Å²) in [6, 6.07) is 9.14. The number of hydrogen-bond acceptors (Lipinski definition) is 4. The molecule has 0 radical (unpaired) electrons. The van der Waals surface area contributed by atoms with E-state index in [-0.39, 0.29) is 10.9 Å². The first-order valence-corrected chi connectivity index (χ1v) is 10.7. The van der Waals surface area contributed by atoms with Crippen molar-refractivity contribution in [2.24, 2.45) is 0 Å². The van der Waals surface area contributed by atoms with Gasteiger partial charge in [0.05, 0.1) is 14.2 Å².